The molecular formula is C27H24Cl2Zr. The number of halogens is 2. The maximum Gasteiger partial charge on any atom is 2.00 e. The van der Waals surface area contributed by atoms with Gasteiger partial charge in [-0.2, -0.15) is 0 Å². The third-order valence-electron chi connectivity index (χ3n) is 6.26. The molecule has 0 nitrogen and oxygen atoms in total. The van der Waals surface area contributed by atoms with E-state index in [9.17, 15) is 0 Å². The third kappa shape index (κ3) is 4.18. The van der Waals surface area contributed by atoms with Crippen molar-refractivity contribution in [2.45, 2.75) is 32.6 Å². The van der Waals surface area contributed by atoms with E-state index >= 15 is 0 Å². The van der Waals surface area contributed by atoms with Crippen molar-refractivity contribution in [3.05, 3.63) is 118 Å². The van der Waals surface area contributed by atoms with Gasteiger partial charge in [0.1, 0.15) is 0 Å². The van der Waals surface area contributed by atoms with E-state index < -0.39 is 0 Å². The van der Waals surface area contributed by atoms with Crippen molar-refractivity contribution < 1.29 is 51.0 Å². The van der Waals surface area contributed by atoms with Gasteiger partial charge >= 0.3 is 26.2 Å². The Hall–Kier alpha value is -1.40. The van der Waals surface area contributed by atoms with Gasteiger partial charge in [-0.1, -0.05) is 84.5 Å². The molecule has 150 valence electrons. The van der Waals surface area contributed by atoms with Crippen molar-refractivity contribution in [3.8, 4) is 11.1 Å². The van der Waals surface area contributed by atoms with E-state index in [-0.39, 0.29) is 51.0 Å². The molecule has 0 saturated heterocycles. The van der Waals surface area contributed by atoms with E-state index in [0.29, 0.717) is 5.92 Å². The Bertz CT molecular complexity index is 1100. The molecule has 0 N–H and O–H groups in total. The van der Waals surface area contributed by atoms with Crippen LogP contribution in [0, 0.1) is 13.8 Å². The number of benzene rings is 3. The molecule has 0 fully saturated rings. The molecule has 0 spiro atoms. The molecule has 0 radical (unpaired) electrons. The summed E-state index contributed by atoms with van der Waals surface area (Å²) in [4.78, 5) is 0. The van der Waals surface area contributed by atoms with Crippen LogP contribution in [0.1, 0.15) is 45.7 Å². The van der Waals surface area contributed by atoms with Gasteiger partial charge in [-0.25, -0.2) is 0 Å². The first kappa shape index (κ1) is 24.9. The number of rotatable bonds is 3. The smallest absolute Gasteiger partial charge is 1.00 e. The quantitative estimate of drug-likeness (QED) is 0.384. The predicted octanol–water partition coefficient (Wildman–Crippen LogP) is 0.898. The van der Waals surface area contributed by atoms with Gasteiger partial charge in [-0.05, 0) is 71.2 Å². The topological polar surface area (TPSA) is 0 Å². The van der Waals surface area contributed by atoms with Crippen molar-refractivity contribution in [2.24, 2.45) is 0 Å². The van der Waals surface area contributed by atoms with E-state index in [4.69, 9.17) is 0 Å². The van der Waals surface area contributed by atoms with Gasteiger partial charge in [0.05, 0.1) is 0 Å². The molecule has 0 bridgehead atoms. The Morgan fingerprint density at radius 2 is 1.57 bits per heavy atom. The number of fused-ring (bicyclic) bond motifs is 3. The molecule has 3 aromatic rings. The number of aryl methyl sites for hydroxylation is 1. The Morgan fingerprint density at radius 3 is 2.27 bits per heavy atom. The molecule has 2 aliphatic carbocycles. The number of allylic oxidation sites excluding steroid dienone is 4. The van der Waals surface area contributed by atoms with Crippen LogP contribution in [-0.2, 0) is 32.6 Å². The van der Waals surface area contributed by atoms with Crippen LogP contribution in [0.3, 0.4) is 0 Å². The second-order valence-corrected chi connectivity index (χ2v) is 7.81. The molecule has 0 heterocycles. The van der Waals surface area contributed by atoms with Gasteiger partial charge in [-0.15, -0.1) is 0 Å². The van der Waals surface area contributed by atoms with Crippen LogP contribution in [-0.4, -0.2) is 0 Å². The van der Waals surface area contributed by atoms with Crippen molar-refractivity contribution in [2.75, 3.05) is 0 Å². The van der Waals surface area contributed by atoms with Gasteiger partial charge < -0.3 is 24.8 Å². The van der Waals surface area contributed by atoms with Crippen LogP contribution in [0.15, 0.2) is 84.5 Å². The Balaban J connectivity index is 0.00000107. The zero-order valence-corrected chi connectivity index (χ0v) is 21.2. The van der Waals surface area contributed by atoms with Crippen molar-refractivity contribution in [1.82, 2.24) is 0 Å². The van der Waals surface area contributed by atoms with Crippen LogP contribution in [0.5, 0.6) is 0 Å². The molecule has 30 heavy (non-hydrogen) atoms. The summed E-state index contributed by atoms with van der Waals surface area (Å²) >= 11 is 0. The second kappa shape index (κ2) is 10.3. The maximum atomic E-state index is 2.46. The minimum atomic E-state index is 0. The molecule has 2 aliphatic rings. The average molecular weight is 511 g/mol. The van der Waals surface area contributed by atoms with Crippen LogP contribution in [0.2, 0.25) is 0 Å². The molecule has 3 heteroatoms. The Kier molecular flexibility index (Phi) is 8.52. The van der Waals surface area contributed by atoms with E-state index in [1.165, 1.54) is 50.1 Å². The van der Waals surface area contributed by atoms with Gasteiger partial charge in [0.2, 0.25) is 0 Å². The molecule has 1 unspecified atom stereocenters. The molecular weight excluding hydrogens is 486 g/mol. The maximum absolute atomic E-state index is 2.46. The van der Waals surface area contributed by atoms with E-state index in [0.717, 1.165) is 12.8 Å². The van der Waals surface area contributed by atoms with Gasteiger partial charge in [0, 0.05) is 5.92 Å². The summed E-state index contributed by atoms with van der Waals surface area (Å²) in [5.41, 5.74) is 13.1. The summed E-state index contributed by atoms with van der Waals surface area (Å²) in [6.45, 7) is 4.55. The summed E-state index contributed by atoms with van der Waals surface area (Å²) in [5.74, 6) is 0.337. The fourth-order valence-corrected chi connectivity index (χ4v) is 4.83. The first-order valence-electron chi connectivity index (χ1n) is 9.86. The average Bonchev–Trinajstić information content (AvgIpc) is 3.35. The monoisotopic (exact) mass is 508 g/mol. The second-order valence-electron chi connectivity index (χ2n) is 7.81. The van der Waals surface area contributed by atoms with E-state index in [1.54, 1.807) is 0 Å². The minimum Gasteiger partial charge on any atom is -1.00 e. The molecule has 0 aliphatic heterocycles. The number of hydrogen-bond donors (Lipinski definition) is 0. The Labute approximate surface area is 211 Å². The zero-order chi connectivity index (χ0) is 18.4. The SMILES string of the molecule is Cc1cc(C(C2=CC=CC2)c2ccccc2)c2c(c1C)-c1ccccc1C2.[Cl-].[Cl-].[Zr+2]. The van der Waals surface area contributed by atoms with E-state index in [2.05, 4.69) is 92.7 Å². The van der Waals surface area contributed by atoms with Gasteiger partial charge in [-0.3, -0.25) is 0 Å². The third-order valence-corrected chi connectivity index (χ3v) is 6.26. The van der Waals surface area contributed by atoms with Gasteiger partial charge in [0.15, 0.2) is 0 Å². The standard InChI is InChI=1S/C27H24.2ClH.Zr/c1-18-16-24(25-17-22-14-8-9-15-23(22)26(25)19(18)2)27(21-12-6-7-13-21)20-10-4-3-5-11-20;;;/h3-12,14-16,27H,13,17H2,1-2H3;2*1H;/q;;;+2/p-2. The summed E-state index contributed by atoms with van der Waals surface area (Å²) in [7, 11) is 0. The van der Waals surface area contributed by atoms with Crippen molar-refractivity contribution in [3.63, 3.8) is 0 Å². The summed E-state index contributed by atoms with van der Waals surface area (Å²) in [5, 5.41) is 0. The molecule has 0 saturated carbocycles. The van der Waals surface area contributed by atoms with Crippen molar-refractivity contribution >= 4 is 0 Å². The summed E-state index contributed by atoms with van der Waals surface area (Å²) in [6, 6.07) is 22.4. The summed E-state index contributed by atoms with van der Waals surface area (Å²) < 4.78 is 0. The van der Waals surface area contributed by atoms with Crippen molar-refractivity contribution in [1.29, 1.82) is 0 Å². The molecule has 0 aromatic heterocycles. The zero-order valence-electron chi connectivity index (χ0n) is 17.3. The first-order valence-corrected chi connectivity index (χ1v) is 9.86. The molecule has 5 rings (SSSR count). The van der Waals surface area contributed by atoms with Crippen LogP contribution >= 0.6 is 0 Å². The largest absolute Gasteiger partial charge is 2.00 e. The van der Waals surface area contributed by atoms with Gasteiger partial charge in [0.25, 0.3) is 0 Å². The molecule has 1 atom stereocenters. The van der Waals surface area contributed by atoms with E-state index in [1.807, 2.05) is 0 Å². The Morgan fingerprint density at radius 1 is 0.867 bits per heavy atom. The van der Waals surface area contributed by atoms with Crippen LogP contribution < -0.4 is 24.8 Å². The predicted molar refractivity (Wildman–Crippen MR) is 114 cm³/mol. The number of hydrogen-bond acceptors (Lipinski definition) is 0. The fourth-order valence-electron chi connectivity index (χ4n) is 4.83. The van der Waals surface area contributed by atoms with Crippen LogP contribution in [0.25, 0.3) is 11.1 Å². The molecule has 0 amide bonds. The fraction of sp³-hybridized carbons (Fsp3) is 0.185. The first-order chi connectivity index (χ1) is 13.2. The van der Waals surface area contributed by atoms with Crippen LogP contribution in [0.4, 0.5) is 0 Å². The minimum absolute atomic E-state index is 0. The summed E-state index contributed by atoms with van der Waals surface area (Å²) in [6.07, 6.45) is 8.91. The molecule has 3 aromatic carbocycles. The normalized spacial score (nSPS) is 13.9.